The standard InChI is InChI=1S/C26H25FN4O3S3/c1-2-16-5-9-18(10-6-16)30-23-22(37-26(30)35)24(33)31(19-11-7-17(27)8-12-19)25(29-23)36-15-21(32)28-14-20-4-3-13-34-20/h5-12,20H,2-4,13-15H2,1H3,(H,28,32)/t20-/m0/s1. The van der Waals surface area contributed by atoms with Gasteiger partial charge in [0.2, 0.25) is 5.91 Å². The summed E-state index contributed by atoms with van der Waals surface area (Å²) in [6.07, 6.45) is 2.87. The van der Waals surface area contributed by atoms with Crippen LogP contribution >= 0.6 is 35.3 Å². The van der Waals surface area contributed by atoms with E-state index in [1.165, 1.54) is 45.7 Å². The number of nitrogens with zero attached hydrogens (tertiary/aromatic N) is 3. The van der Waals surface area contributed by atoms with Gasteiger partial charge in [0, 0.05) is 18.8 Å². The number of carbonyl (C=O) groups is 1. The molecular formula is C26H25FN4O3S3. The predicted octanol–water partition coefficient (Wildman–Crippen LogP) is 5.06. The van der Waals surface area contributed by atoms with Crippen LogP contribution in [0.25, 0.3) is 21.7 Å². The Hall–Kier alpha value is -2.86. The molecule has 1 aliphatic heterocycles. The highest BCUT2D eigenvalue weighted by Gasteiger charge is 2.21. The third-order valence-electron chi connectivity index (χ3n) is 6.15. The number of aromatic nitrogens is 3. The van der Waals surface area contributed by atoms with E-state index in [4.69, 9.17) is 21.9 Å². The molecular weight excluding hydrogens is 532 g/mol. The monoisotopic (exact) mass is 556 g/mol. The van der Waals surface area contributed by atoms with E-state index in [2.05, 4.69) is 12.2 Å². The van der Waals surface area contributed by atoms with Crippen LogP contribution in [0.5, 0.6) is 0 Å². The lowest BCUT2D eigenvalue weighted by Gasteiger charge is -2.14. The molecule has 2 aromatic carbocycles. The molecule has 1 aliphatic rings. The summed E-state index contributed by atoms with van der Waals surface area (Å²) in [4.78, 5) is 31.1. The minimum absolute atomic E-state index is 0.0372. The lowest BCUT2D eigenvalue weighted by molar-refractivity contribution is -0.119. The molecule has 0 saturated carbocycles. The Labute approximate surface area is 226 Å². The summed E-state index contributed by atoms with van der Waals surface area (Å²) < 4.78 is 23.3. The first-order chi connectivity index (χ1) is 17.9. The average molecular weight is 557 g/mol. The number of halogens is 1. The van der Waals surface area contributed by atoms with Crippen LogP contribution in [0.1, 0.15) is 25.3 Å². The summed E-state index contributed by atoms with van der Waals surface area (Å²) in [6.45, 7) is 3.25. The van der Waals surface area contributed by atoms with Crippen LogP contribution in [-0.2, 0) is 16.0 Å². The second kappa shape index (κ2) is 11.3. The molecule has 5 rings (SSSR count). The van der Waals surface area contributed by atoms with Gasteiger partial charge >= 0.3 is 0 Å². The van der Waals surface area contributed by atoms with E-state index in [0.717, 1.165) is 43.3 Å². The number of hydrogen-bond donors (Lipinski definition) is 1. The fourth-order valence-corrected chi connectivity index (χ4v) is 6.31. The van der Waals surface area contributed by atoms with Gasteiger partial charge in [-0.1, -0.05) is 42.2 Å². The summed E-state index contributed by atoms with van der Waals surface area (Å²) in [7, 11) is 0. The quantitative estimate of drug-likeness (QED) is 0.186. The number of benzene rings is 2. The predicted molar refractivity (Wildman–Crippen MR) is 147 cm³/mol. The van der Waals surface area contributed by atoms with Crippen molar-refractivity contribution >= 4 is 51.6 Å². The number of aryl methyl sites for hydroxylation is 1. The molecule has 11 heteroatoms. The minimum atomic E-state index is -0.411. The maximum atomic E-state index is 13.7. The second-order valence-electron chi connectivity index (χ2n) is 8.62. The van der Waals surface area contributed by atoms with Crippen LogP contribution in [0, 0.1) is 9.77 Å². The average Bonchev–Trinajstić information content (AvgIpc) is 3.55. The molecule has 4 aromatic rings. The molecule has 1 amide bonds. The summed E-state index contributed by atoms with van der Waals surface area (Å²) in [5.74, 6) is -0.536. The Kier molecular flexibility index (Phi) is 7.84. The van der Waals surface area contributed by atoms with Gasteiger partial charge in [-0.3, -0.25) is 18.7 Å². The maximum absolute atomic E-state index is 13.7. The van der Waals surface area contributed by atoms with Crippen LogP contribution in [-0.4, -0.2) is 45.0 Å². The van der Waals surface area contributed by atoms with Crippen molar-refractivity contribution in [1.82, 2.24) is 19.4 Å². The van der Waals surface area contributed by atoms with Gasteiger partial charge in [0.1, 0.15) is 10.5 Å². The van der Waals surface area contributed by atoms with Crippen molar-refractivity contribution in [3.8, 4) is 11.4 Å². The molecule has 7 nitrogen and oxygen atoms in total. The Bertz CT molecular complexity index is 1540. The number of fused-ring (bicyclic) bond motifs is 1. The molecule has 3 heterocycles. The first-order valence-corrected chi connectivity index (χ1v) is 14.2. The van der Waals surface area contributed by atoms with Gasteiger partial charge in [0.15, 0.2) is 14.8 Å². The fraction of sp³-hybridized carbons (Fsp3) is 0.308. The first kappa shape index (κ1) is 25.8. The summed E-state index contributed by atoms with van der Waals surface area (Å²) in [6, 6.07) is 13.6. The Morgan fingerprint density at radius 2 is 1.89 bits per heavy atom. The van der Waals surface area contributed by atoms with Gasteiger partial charge in [-0.25, -0.2) is 9.37 Å². The number of hydrogen-bond acceptors (Lipinski definition) is 7. The normalized spacial score (nSPS) is 15.4. The zero-order chi connectivity index (χ0) is 25.9. The number of thiazole rings is 1. The van der Waals surface area contributed by atoms with Crippen molar-refractivity contribution in [1.29, 1.82) is 0 Å². The van der Waals surface area contributed by atoms with Gasteiger partial charge in [0.05, 0.1) is 17.5 Å². The van der Waals surface area contributed by atoms with Crippen LogP contribution < -0.4 is 10.9 Å². The lowest BCUT2D eigenvalue weighted by Crippen LogP contribution is -2.33. The van der Waals surface area contributed by atoms with Crippen molar-refractivity contribution < 1.29 is 13.9 Å². The van der Waals surface area contributed by atoms with Crippen molar-refractivity contribution in [2.24, 2.45) is 0 Å². The number of rotatable bonds is 8. The minimum Gasteiger partial charge on any atom is -0.376 e. The first-order valence-electron chi connectivity index (χ1n) is 12.0. The zero-order valence-corrected chi connectivity index (χ0v) is 22.6. The van der Waals surface area contributed by atoms with Crippen molar-refractivity contribution in [3.63, 3.8) is 0 Å². The van der Waals surface area contributed by atoms with E-state index in [1.807, 2.05) is 24.3 Å². The SMILES string of the molecule is CCc1ccc(-n2c(=S)sc3c(=O)n(-c4ccc(F)cc4)c(SCC(=O)NC[C@@H]4CCCO4)nc32)cc1. The molecule has 0 aliphatic carbocycles. The Morgan fingerprint density at radius 3 is 2.57 bits per heavy atom. The maximum Gasteiger partial charge on any atom is 0.278 e. The molecule has 2 aromatic heterocycles. The largest absolute Gasteiger partial charge is 0.376 e. The van der Waals surface area contributed by atoms with E-state index in [0.29, 0.717) is 31.7 Å². The molecule has 0 bridgehead atoms. The molecule has 0 spiro atoms. The number of thioether (sulfide) groups is 1. The number of nitrogens with one attached hydrogen (secondary N) is 1. The van der Waals surface area contributed by atoms with Crippen molar-refractivity contribution in [2.75, 3.05) is 18.9 Å². The smallest absolute Gasteiger partial charge is 0.278 e. The second-order valence-corrected chi connectivity index (χ2v) is 11.2. The van der Waals surface area contributed by atoms with Crippen LogP contribution in [0.2, 0.25) is 0 Å². The molecule has 0 unspecified atom stereocenters. The zero-order valence-electron chi connectivity index (χ0n) is 20.1. The van der Waals surface area contributed by atoms with Crippen LogP contribution in [0.4, 0.5) is 4.39 Å². The molecule has 1 saturated heterocycles. The third-order valence-corrected chi connectivity index (χ3v) is 8.44. The lowest BCUT2D eigenvalue weighted by atomic mass is 10.1. The molecule has 1 N–H and O–H groups in total. The van der Waals surface area contributed by atoms with E-state index in [9.17, 15) is 14.0 Å². The topological polar surface area (TPSA) is 78.2 Å². The van der Waals surface area contributed by atoms with E-state index in [1.54, 1.807) is 4.57 Å². The van der Waals surface area contributed by atoms with E-state index in [-0.39, 0.29) is 23.3 Å². The highest BCUT2D eigenvalue weighted by molar-refractivity contribution is 7.99. The third kappa shape index (κ3) is 5.54. The molecule has 1 fully saturated rings. The molecule has 1 atom stereocenters. The van der Waals surface area contributed by atoms with Gasteiger partial charge in [0.25, 0.3) is 5.56 Å². The van der Waals surface area contributed by atoms with Gasteiger partial charge < -0.3 is 10.1 Å². The van der Waals surface area contributed by atoms with Gasteiger partial charge in [-0.2, -0.15) is 0 Å². The molecule has 0 radical (unpaired) electrons. The van der Waals surface area contributed by atoms with Crippen LogP contribution in [0.3, 0.4) is 0 Å². The number of amides is 1. The van der Waals surface area contributed by atoms with E-state index >= 15 is 0 Å². The van der Waals surface area contributed by atoms with Gasteiger partial charge in [-0.15, -0.1) is 0 Å². The van der Waals surface area contributed by atoms with E-state index < -0.39 is 5.82 Å². The van der Waals surface area contributed by atoms with Gasteiger partial charge in [-0.05, 0) is 73.4 Å². The Balaban J connectivity index is 1.54. The fourth-order valence-electron chi connectivity index (χ4n) is 4.17. The van der Waals surface area contributed by atoms with Crippen LogP contribution in [0.15, 0.2) is 58.5 Å². The van der Waals surface area contributed by atoms with Crippen molar-refractivity contribution in [2.45, 2.75) is 37.4 Å². The number of carbonyl (C=O) groups excluding carboxylic acids is 1. The molecule has 37 heavy (non-hydrogen) atoms. The highest BCUT2D eigenvalue weighted by atomic mass is 32.2. The summed E-state index contributed by atoms with van der Waals surface area (Å²) in [5.41, 5.74) is 2.57. The highest BCUT2D eigenvalue weighted by Crippen LogP contribution is 2.28. The van der Waals surface area contributed by atoms with Crippen molar-refractivity contribution in [3.05, 3.63) is 74.2 Å². The summed E-state index contributed by atoms with van der Waals surface area (Å²) >= 11 is 7.96. The Morgan fingerprint density at radius 1 is 1.19 bits per heavy atom. The number of ether oxygens (including phenoxy) is 1. The summed E-state index contributed by atoms with van der Waals surface area (Å²) in [5, 5.41) is 3.22. The molecule has 192 valence electrons.